The van der Waals surface area contributed by atoms with Crippen molar-refractivity contribution in [2.75, 3.05) is 13.1 Å². The number of epoxide rings is 1. The first kappa shape index (κ1) is 18.6. The molecule has 146 valence electrons. The number of amides is 1. The quantitative estimate of drug-likeness (QED) is 0.798. The molecule has 2 atom stereocenters. The number of benzene rings is 1. The van der Waals surface area contributed by atoms with Crippen LogP contribution in [-0.4, -0.2) is 40.0 Å². The molecular formula is C21H21FN2O4. The fourth-order valence-corrected chi connectivity index (χ4v) is 4.03. The summed E-state index contributed by atoms with van der Waals surface area (Å²) < 4.78 is 19.3. The zero-order valence-corrected chi connectivity index (χ0v) is 15.3. The highest BCUT2D eigenvalue weighted by atomic mass is 19.1. The summed E-state index contributed by atoms with van der Waals surface area (Å²) in [7, 11) is 0. The van der Waals surface area contributed by atoms with Gasteiger partial charge in [0.15, 0.2) is 11.4 Å². The van der Waals surface area contributed by atoms with Gasteiger partial charge in [0, 0.05) is 31.9 Å². The van der Waals surface area contributed by atoms with Gasteiger partial charge in [-0.25, -0.2) is 9.18 Å². The van der Waals surface area contributed by atoms with Crippen molar-refractivity contribution in [1.29, 1.82) is 0 Å². The van der Waals surface area contributed by atoms with Crippen LogP contribution in [-0.2, 0) is 15.1 Å². The molecule has 0 bridgehead atoms. The van der Waals surface area contributed by atoms with Crippen molar-refractivity contribution in [2.45, 2.75) is 31.0 Å². The van der Waals surface area contributed by atoms with Gasteiger partial charge in [0.25, 0.3) is 0 Å². The highest BCUT2D eigenvalue weighted by Crippen LogP contribution is 2.58. The third-order valence-corrected chi connectivity index (χ3v) is 5.67. The van der Waals surface area contributed by atoms with E-state index in [1.54, 1.807) is 36.7 Å². The second kappa shape index (κ2) is 7.31. The Kier molecular flexibility index (Phi) is 4.85. The molecule has 1 aromatic carbocycles. The van der Waals surface area contributed by atoms with Crippen LogP contribution in [0, 0.1) is 11.7 Å². The molecule has 1 amide bonds. The van der Waals surface area contributed by atoms with E-state index in [1.165, 1.54) is 17.0 Å². The standard InChI is InChI=1S/C21H21FN2O4/c22-17-3-1-15(2-4-17)19-21(28-19,16-5-9-23-10-6-16)18(25)13-14-7-11-24(12-8-14)20(26)27/h1-6,9-10,14,19H,7-8,11-13H2,(H,26,27). The molecule has 4 rings (SSSR count). The number of Topliss-reactive ketones (excluding diaryl/α,β-unsaturated/α-hetero) is 1. The number of nitrogens with zero attached hydrogens (tertiary/aromatic N) is 2. The fourth-order valence-electron chi connectivity index (χ4n) is 4.03. The molecule has 0 spiro atoms. The molecule has 0 radical (unpaired) electrons. The van der Waals surface area contributed by atoms with Gasteiger partial charge in [-0.2, -0.15) is 0 Å². The van der Waals surface area contributed by atoms with Crippen LogP contribution in [0.15, 0.2) is 48.8 Å². The molecular weight excluding hydrogens is 363 g/mol. The molecule has 2 saturated heterocycles. The Hall–Kier alpha value is -2.80. The van der Waals surface area contributed by atoms with Crippen LogP contribution in [0.4, 0.5) is 9.18 Å². The van der Waals surface area contributed by atoms with Gasteiger partial charge in [-0.1, -0.05) is 12.1 Å². The van der Waals surface area contributed by atoms with Crippen molar-refractivity contribution < 1.29 is 23.8 Å². The van der Waals surface area contributed by atoms with Gasteiger partial charge >= 0.3 is 6.09 Å². The number of halogens is 1. The molecule has 3 heterocycles. The zero-order valence-electron chi connectivity index (χ0n) is 15.3. The van der Waals surface area contributed by atoms with Crippen molar-refractivity contribution in [3.05, 3.63) is 65.7 Å². The van der Waals surface area contributed by atoms with Gasteiger partial charge in [0.05, 0.1) is 0 Å². The number of rotatable bonds is 5. The Bertz CT molecular complexity index is 866. The summed E-state index contributed by atoms with van der Waals surface area (Å²) in [6.07, 6.45) is 3.52. The molecule has 7 heteroatoms. The number of likely N-dealkylation sites (tertiary alicyclic amines) is 1. The molecule has 0 saturated carbocycles. The molecule has 2 aliphatic heterocycles. The van der Waals surface area contributed by atoms with E-state index in [4.69, 9.17) is 9.84 Å². The van der Waals surface area contributed by atoms with Crippen molar-refractivity contribution in [1.82, 2.24) is 9.88 Å². The maximum Gasteiger partial charge on any atom is 0.407 e. The van der Waals surface area contributed by atoms with Crippen LogP contribution in [0.3, 0.4) is 0 Å². The Labute approximate surface area is 162 Å². The lowest BCUT2D eigenvalue weighted by atomic mass is 9.82. The summed E-state index contributed by atoms with van der Waals surface area (Å²) in [6.45, 7) is 0.884. The molecule has 2 unspecified atom stereocenters. The Balaban J connectivity index is 1.53. The lowest BCUT2D eigenvalue weighted by molar-refractivity contribution is -0.125. The number of carbonyl (C=O) groups excluding carboxylic acids is 1. The van der Waals surface area contributed by atoms with Crippen LogP contribution in [0.2, 0.25) is 0 Å². The minimum Gasteiger partial charge on any atom is -0.465 e. The molecule has 6 nitrogen and oxygen atoms in total. The van der Waals surface area contributed by atoms with E-state index in [1.807, 2.05) is 0 Å². The number of carbonyl (C=O) groups is 2. The highest BCUT2D eigenvalue weighted by molar-refractivity contribution is 5.92. The Morgan fingerprint density at radius 2 is 1.79 bits per heavy atom. The number of pyridine rings is 1. The number of carboxylic acid groups (broad SMARTS) is 1. The largest absolute Gasteiger partial charge is 0.465 e. The fraction of sp³-hybridized carbons (Fsp3) is 0.381. The van der Waals surface area contributed by atoms with Crippen LogP contribution in [0.5, 0.6) is 0 Å². The van der Waals surface area contributed by atoms with E-state index in [0.717, 1.165) is 11.1 Å². The van der Waals surface area contributed by atoms with E-state index < -0.39 is 17.8 Å². The first-order valence-corrected chi connectivity index (χ1v) is 9.35. The lowest BCUT2D eigenvalue weighted by Crippen LogP contribution is -2.38. The van der Waals surface area contributed by atoms with Gasteiger partial charge in [-0.05, 0) is 54.2 Å². The molecule has 1 aromatic heterocycles. The minimum atomic E-state index is -1.08. The second-order valence-electron chi connectivity index (χ2n) is 7.36. The third kappa shape index (κ3) is 3.38. The van der Waals surface area contributed by atoms with E-state index in [2.05, 4.69) is 4.98 Å². The van der Waals surface area contributed by atoms with Gasteiger partial charge in [-0.15, -0.1) is 0 Å². The second-order valence-corrected chi connectivity index (χ2v) is 7.36. The average Bonchev–Trinajstić information content (AvgIpc) is 3.47. The molecule has 2 aromatic rings. The van der Waals surface area contributed by atoms with Crippen LogP contribution in [0.1, 0.15) is 36.5 Å². The topological polar surface area (TPSA) is 83.0 Å². The maximum atomic E-state index is 13.3. The first-order chi connectivity index (χ1) is 13.5. The van der Waals surface area contributed by atoms with Crippen molar-refractivity contribution in [2.24, 2.45) is 5.92 Å². The summed E-state index contributed by atoms with van der Waals surface area (Å²) in [6, 6.07) is 9.55. The summed E-state index contributed by atoms with van der Waals surface area (Å²) in [4.78, 5) is 29.8. The van der Waals surface area contributed by atoms with Gasteiger partial charge < -0.3 is 14.7 Å². The number of ketones is 1. The van der Waals surface area contributed by atoms with Crippen LogP contribution < -0.4 is 0 Å². The van der Waals surface area contributed by atoms with E-state index in [0.29, 0.717) is 32.4 Å². The smallest absolute Gasteiger partial charge is 0.407 e. The Morgan fingerprint density at radius 1 is 1.14 bits per heavy atom. The first-order valence-electron chi connectivity index (χ1n) is 9.35. The van der Waals surface area contributed by atoms with Crippen LogP contribution in [0.25, 0.3) is 0 Å². The molecule has 2 aliphatic rings. The molecule has 28 heavy (non-hydrogen) atoms. The molecule has 0 aliphatic carbocycles. The summed E-state index contributed by atoms with van der Waals surface area (Å²) in [5.41, 5.74) is 0.419. The normalized spacial score (nSPS) is 24.8. The van der Waals surface area contributed by atoms with Gasteiger partial charge in [-0.3, -0.25) is 9.78 Å². The SMILES string of the molecule is O=C(O)N1CCC(CC(=O)C2(c3ccncc3)OC2c2ccc(F)cc2)CC1. The highest BCUT2D eigenvalue weighted by Gasteiger charge is 2.63. The van der Waals surface area contributed by atoms with Crippen molar-refractivity contribution in [3.8, 4) is 0 Å². The average molecular weight is 384 g/mol. The van der Waals surface area contributed by atoms with E-state index in [-0.39, 0.29) is 17.5 Å². The van der Waals surface area contributed by atoms with Crippen molar-refractivity contribution in [3.63, 3.8) is 0 Å². The third-order valence-electron chi connectivity index (χ3n) is 5.67. The Morgan fingerprint density at radius 3 is 2.39 bits per heavy atom. The van der Waals surface area contributed by atoms with Crippen LogP contribution >= 0.6 is 0 Å². The number of aromatic nitrogens is 1. The molecule has 2 fully saturated rings. The monoisotopic (exact) mass is 384 g/mol. The zero-order chi connectivity index (χ0) is 19.7. The predicted molar refractivity (Wildman–Crippen MR) is 98.1 cm³/mol. The van der Waals surface area contributed by atoms with Gasteiger partial charge in [0.1, 0.15) is 11.9 Å². The lowest BCUT2D eigenvalue weighted by Gasteiger charge is -2.30. The molecule has 1 N–H and O–H groups in total. The number of hydrogen-bond acceptors (Lipinski definition) is 4. The number of hydrogen-bond donors (Lipinski definition) is 1. The van der Waals surface area contributed by atoms with Crippen molar-refractivity contribution >= 4 is 11.9 Å². The summed E-state index contributed by atoms with van der Waals surface area (Å²) in [5, 5.41) is 9.08. The van der Waals surface area contributed by atoms with Gasteiger partial charge in [0.2, 0.25) is 0 Å². The maximum absolute atomic E-state index is 13.3. The van der Waals surface area contributed by atoms with E-state index >= 15 is 0 Å². The minimum absolute atomic E-state index is 0.0261. The summed E-state index contributed by atoms with van der Waals surface area (Å²) >= 11 is 0. The van der Waals surface area contributed by atoms with E-state index in [9.17, 15) is 14.0 Å². The number of piperidine rings is 1. The summed E-state index contributed by atoms with van der Waals surface area (Å²) in [5.74, 6) is -0.239. The number of ether oxygens (including phenoxy) is 1. The predicted octanol–water partition coefficient (Wildman–Crippen LogP) is 3.54.